The van der Waals surface area contributed by atoms with Crippen LogP contribution in [0.15, 0.2) is 59.5 Å². The Morgan fingerprint density at radius 2 is 1.43 bits per heavy atom. The number of halogens is 4. The number of aryl methyl sites for hydroxylation is 2. The predicted octanol–water partition coefficient (Wildman–Crippen LogP) is 7.80. The summed E-state index contributed by atoms with van der Waals surface area (Å²) in [5.74, 6) is -0.404. The largest absolute Gasteiger partial charge is 0.573 e. The number of rotatable bonds is 4. The Morgan fingerprint density at radius 1 is 0.829 bits per heavy atom. The fourth-order valence-electron chi connectivity index (χ4n) is 4.52. The molecule has 0 radical (unpaired) electrons. The van der Waals surface area contributed by atoms with Gasteiger partial charge in [-0.05, 0) is 52.6 Å². The minimum absolute atomic E-state index is 0.0793. The molecular weight excluding hydrogens is 557 g/mol. The van der Waals surface area contributed by atoms with E-state index in [9.17, 15) is 21.6 Å². The third-order valence-corrected chi connectivity index (χ3v) is 10.1. The van der Waals surface area contributed by atoms with Gasteiger partial charge in [0.1, 0.15) is 5.75 Å². The lowest BCUT2D eigenvalue weighted by Gasteiger charge is -2.23. The SMILES string of the molecule is Cc1cc2cc([Si](C)(C)C)ccc2c(-c2c(S(=O)(=O)Br)c(C)cc3ccccc23)c1OC(F)(F)F. The molecule has 0 fully saturated rings. The molecule has 0 aromatic heterocycles. The van der Waals surface area contributed by atoms with Gasteiger partial charge in [-0.3, -0.25) is 0 Å². The standard InChI is InChI=1S/C26H24BrF3O3SSi/c1-15-12-18-14-19(35(3,4)5)10-11-21(18)22(24(15)33-26(28,29)30)23-20-9-7-6-8-17(20)13-16(2)25(23)34(27,31)32/h6-14H,1-5H3. The molecule has 4 aromatic rings. The predicted molar refractivity (Wildman–Crippen MR) is 142 cm³/mol. The molecular formula is C26H24BrF3O3SSi. The molecule has 0 aliphatic heterocycles. The zero-order chi connectivity index (χ0) is 25.9. The van der Waals surface area contributed by atoms with Gasteiger partial charge in [-0.15, -0.1) is 13.2 Å². The van der Waals surface area contributed by atoms with Crippen LogP contribution in [-0.2, 0) is 8.27 Å². The minimum atomic E-state index is -4.96. The van der Waals surface area contributed by atoms with Crippen molar-refractivity contribution in [3.63, 3.8) is 0 Å². The molecule has 4 aromatic carbocycles. The van der Waals surface area contributed by atoms with Crippen LogP contribution < -0.4 is 9.92 Å². The van der Waals surface area contributed by atoms with Crippen molar-refractivity contribution in [2.75, 3.05) is 0 Å². The van der Waals surface area contributed by atoms with E-state index in [0.717, 1.165) is 10.6 Å². The van der Waals surface area contributed by atoms with Gasteiger partial charge >= 0.3 is 6.36 Å². The first-order valence-electron chi connectivity index (χ1n) is 10.9. The molecule has 9 heteroatoms. The van der Waals surface area contributed by atoms with E-state index in [1.807, 2.05) is 18.2 Å². The van der Waals surface area contributed by atoms with Crippen LogP contribution in [0.3, 0.4) is 0 Å². The fraction of sp³-hybridized carbons (Fsp3) is 0.231. The monoisotopic (exact) mass is 580 g/mol. The molecule has 0 aliphatic carbocycles. The van der Waals surface area contributed by atoms with Gasteiger partial charge in [0.05, 0.1) is 27.8 Å². The molecule has 0 saturated carbocycles. The highest BCUT2D eigenvalue weighted by molar-refractivity contribution is 9.47. The summed E-state index contributed by atoms with van der Waals surface area (Å²) in [6, 6.07) is 16.1. The Balaban J connectivity index is 2.29. The second kappa shape index (κ2) is 8.64. The highest BCUT2D eigenvalue weighted by Gasteiger charge is 2.35. The van der Waals surface area contributed by atoms with Gasteiger partial charge in [0.15, 0.2) is 0 Å². The van der Waals surface area contributed by atoms with Crippen LogP contribution in [0.25, 0.3) is 32.7 Å². The number of fused-ring (bicyclic) bond motifs is 2. The van der Waals surface area contributed by atoms with E-state index in [4.69, 9.17) is 0 Å². The average molecular weight is 582 g/mol. The van der Waals surface area contributed by atoms with Crippen LogP contribution in [0.1, 0.15) is 11.1 Å². The summed E-state index contributed by atoms with van der Waals surface area (Å²) in [7, 11) is -5.72. The van der Waals surface area contributed by atoms with Crippen LogP contribution in [0.5, 0.6) is 5.75 Å². The normalized spacial score (nSPS) is 12.9. The molecule has 35 heavy (non-hydrogen) atoms. The van der Waals surface area contributed by atoms with E-state index >= 15 is 0 Å². The summed E-state index contributed by atoms with van der Waals surface area (Å²) in [6.45, 7) is 9.74. The second-order valence-electron chi connectivity index (χ2n) is 9.69. The maximum Gasteiger partial charge on any atom is 0.573 e. The molecule has 0 saturated heterocycles. The molecule has 4 rings (SSSR count). The molecule has 184 valence electrons. The van der Waals surface area contributed by atoms with Crippen molar-refractivity contribution in [1.29, 1.82) is 0 Å². The average Bonchev–Trinajstić information content (AvgIpc) is 2.70. The van der Waals surface area contributed by atoms with Gasteiger partial charge in [0.25, 0.3) is 0 Å². The smallest absolute Gasteiger partial charge is 0.405 e. The first-order valence-corrected chi connectivity index (χ1v) is 17.7. The van der Waals surface area contributed by atoms with Crippen molar-refractivity contribution in [2.45, 2.75) is 44.7 Å². The second-order valence-corrected chi connectivity index (χ2v) is 18.6. The first-order chi connectivity index (χ1) is 16.1. The highest BCUT2D eigenvalue weighted by atomic mass is 79.9. The van der Waals surface area contributed by atoms with Gasteiger partial charge in [0, 0.05) is 11.1 Å². The Labute approximate surface area is 211 Å². The van der Waals surface area contributed by atoms with Gasteiger partial charge in [-0.2, -0.15) is 0 Å². The highest BCUT2D eigenvalue weighted by Crippen LogP contribution is 2.48. The van der Waals surface area contributed by atoms with E-state index in [1.165, 1.54) is 0 Å². The van der Waals surface area contributed by atoms with Crippen LogP contribution in [0, 0.1) is 13.8 Å². The van der Waals surface area contributed by atoms with Crippen molar-refractivity contribution in [3.05, 3.63) is 65.7 Å². The van der Waals surface area contributed by atoms with Crippen molar-refractivity contribution in [3.8, 4) is 16.9 Å². The van der Waals surface area contributed by atoms with Gasteiger partial charge in [0.2, 0.25) is 8.27 Å². The van der Waals surface area contributed by atoms with Crippen LogP contribution in [-0.4, -0.2) is 22.9 Å². The molecule has 0 spiro atoms. The zero-order valence-electron chi connectivity index (χ0n) is 19.8. The van der Waals surface area contributed by atoms with Gasteiger partial charge in [-0.1, -0.05) is 73.4 Å². The molecule has 0 amide bonds. The summed E-state index contributed by atoms with van der Waals surface area (Å²) in [4.78, 5) is -0.0793. The number of benzene rings is 4. The van der Waals surface area contributed by atoms with Gasteiger partial charge in [-0.25, -0.2) is 8.42 Å². The van der Waals surface area contributed by atoms with E-state index in [2.05, 4.69) is 39.2 Å². The number of hydrogen-bond donors (Lipinski definition) is 0. The minimum Gasteiger partial charge on any atom is -0.405 e. The Morgan fingerprint density at radius 3 is 2.03 bits per heavy atom. The zero-order valence-corrected chi connectivity index (χ0v) is 23.2. The Bertz CT molecular complexity index is 1590. The lowest BCUT2D eigenvalue weighted by molar-refractivity contribution is -0.274. The molecule has 0 aliphatic rings. The van der Waals surface area contributed by atoms with Gasteiger partial charge < -0.3 is 4.74 Å². The summed E-state index contributed by atoms with van der Waals surface area (Å²) in [5.41, 5.74) is 0.978. The number of hydrogen-bond acceptors (Lipinski definition) is 3. The molecule has 0 unspecified atom stereocenters. The Kier molecular flexibility index (Phi) is 6.35. The topological polar surface area (TPSA) is 43.4 Å². The molecule has 0 heterocycles. The van der Waals surface area contributed by atoms with Crippen molar-refractivity contribution in [2.24, 2.45) is 0 Å². The molecule has 0 atom stereocenters. The third kappa shape index (κ3) is 4.99. The molecule has 0 N–H and O–H groups in total. The van der Waals surface area contributed by atoms with E-state index < -0.39 is 28.5 Å². The van der Waals surface area contributed by atoms with Crippen LogP contribution >= 0.6 is 14.8 Å². The Hall–Kier alpha value is -2.36. The first kappa shape index (κ1) is 25.7. The summed E-state index contributed by atoms with van der Waals surface area (Å²) in [6.07, 6.45) is -4.96. The third-order valence-electron chi connectivity index (χ3n) is 6.04. The van der Waals surface area contributed by atoms with Crippen molar-refractivity contribution >= 4 is 57.9 Å². The summed E-state index contributed by atoms with van der Waals surface area (Å²) in [5, 5.41) is 3.60. The van der Waals surface area contributed by atoms with E-state index in [0.29, 0.717) is 21.7 Å². The lowest BCUT2D eigenvalue weighted by atomic mass is 9.90. The lowest BCUT2D eigenvalue weighted by Crippen LogP contribution is -2.37. The van der Waals surface area contributed by atoms with Crippen molar-refractivity contribution in [1.82, 2.24) is 0 Å². The number of alkyl halides is 3. The van der Waals surface area contributed by atoms with Crippen molar-refractivity contribution < 1.29 is 26.3 Å². The van der Waals surface area contributed by atoms with Crippen LogP contribution in [0.4, 0.5) is 13.2 Å². The maximum absolute atomic E-state index is 13.6. The summed E-state index contributed by atoms with van der Waals surface area (Å²) >= 11 is 2.79. The molecule has 3 nitrogen and oxygen atoms in total. The maximum atomic E-state index is 13.6. The summed E-state index contributed by atoms with van der Waals surface area (Å²) < 4.78 is 71.3. The van der Waals surface area contributed by atoms with E-state index in [-0.39, 0.29) is 21.6 Å². The van der Waals surface area contributed by atoms with E-state index in [1.54, 1.807) is 50.2 Å². The number of ether oxygens (including phenoxy) is 1. The fourth-order valence-corrected chi connectivity index (χ4v) is 7.84. The quantitative estimate of drug-likeness (QED) is 0.183. The van der Waals surface area contributed by atoms with Crippen LogP contribution in [0.2, 0.25) is 19.6 Å². The molecule has 0 bridgehead atoms.